The Labute approximate surface area is 176 Å². The minimum absolute atomic E-state index is 0.0629. The van der Waals surface area contributed by atoms with Gasteiger partial charge in [-0.1, -0.05) is 18.2 Å². The third kappa shape index (κ3) is 5.10. The number of nitrogens with zero attached hydrogens (tertiary/aromatic N) is 2. The van der Waals surface area contributed by atoms with E-state index in [1.54, 1.807) is 6.92 Å². The number of nitrogens with one attached hydrogen (secondary N) is 2. The first-order valence-corrected chi connectivity index (χ1v) is 10.5. The van der Waals surface area contributed by atoms with Crippen LogP contribution in [0.5, 0.6) is 5.75 Å². The number of esters is 1. The Hall–Kier alpha value is -3.06. The first-order chi connectivity index (χ1) is 14.7. The van der Waals surface area contributed by atoms with Crippen molar-refractivity contribution >= 4 is 22.6 Å². The highest BCUT2D eigenvalue weighted by Gasteiger charge is 2.20. The van der Waals surface area contributed by atoms with Gasteiger partial charge in [0, 0.05) is 30.2 Å². The minimum Gasteiger partial charge on any atom is -0.482 e. The van der Waals surface area contributed by atoms with E-state index in [0.29, 0.717) is 18.4 Å². The number of aromatic amines is 1. The molecule has 158 valence electrons. The molecule has 1 aliphatic rings. The topological polar surface area (TPSA) is 79.5 Å². The molecule has 30 heavy (non-hydrogen) atoms. The number of aromatic nitrogens is 2. The number of H-pyrrole nitrogens is 1. The number of ether oxygens (including phenoxy) is 2. The van der Waals surface area contributed by atoms with Crippen LogP contribution in [-0.2, 0) is 16.1 Å². The third-order valence-electron chi connectivity index (χ3n) is 5.32. The lowest BCUT2D eigenvalue weighted by molar-refractivity contribution is -0.145. The van der Waals surface area contributed by atoms with Gasteiger partial charge < -0.3 is 14.8 Å². The normalized spacial score (nSPS) is 17.0. The van der Waals surface area contributed by atoms with Crippen LogP contribution in [0.4, 0.5) is 5.69 Å². The second kappa shape index (κ2) is 9.63. The van der Waals surface area contributed by atoms with Gasteiger partial charge in [-0.3, -0.25) is 10.00 Å². The molecule has 1 atom stereocenters. The average Bonchev–Trinajstić information content (AvgIpc) is 3.23. The second-order valence-corrected chi connectivity index (χ2v) is 7.60. The molecule has 0 saturated carbocycles. The number of carbonyl (C=O) groups excluding carboxylic acids is 1. The van der Waals surface area contributed by atoms with Crippen molar-refractivity contribution in [2.24, 2.45) is 0 Å². The Morgan fingerprint density at radius 3 is 3.10 bits per heavy atom. The van der Waals surface area contributed by atoms with Gasteiger partial charge in [0.05, 0.1) is 18.3 Å². The van der Waals surface area contributed by atoms with E-state index < -0.39 is 0 Å². The summed E-state index contributed by atoms with van der Waals surface area (Å²) in [6.07, 6.45) is 4.17. The van der Waals surface area contributed by atoms with Crippen molar-refractivity contribution in [3.8, 4) is 5.75 Å². The molecule has 0 radical (unpaired) electrons. The molecule has 2 N–H and O–H groups in total. The van der Waals surface area contributed by atoms with Crippen LogP contribution in [0.1, 0.15) is 25.3 Å². The number of piperidine rings is 1. The van der Waals surface area contributed by atoms with Crippen LogP contribution >= 0.6 is 0 Å². The molecular formula is C23H28N4O3. The lowest BCUT2D eigenvalue weighted by Crippen LogP contribution is -2.41. The molecule has 3 aromatic rings. The SMILES string of the molecule is CCOC(=O)COc1cccc(CN2CCC[C@@H](Nc3cccc4[nH]ncc34)C2)c1. The van der Waals surface area contributed by atoms with Crippen molar-refractivity contribution in [2.75, 3.05) is 31.6 Å². The number of hydrogen-bond acceptors (Lipinski definition) is 6. The quantitative estimate of drug-likeness (QED) is 0.555. The van der Waals surface area contributed by atoms with E-state index in [-0.39, 0.29) is 12.6 Å². The predicted octanol–water partition coefficient (Wildman–Crippen LogP) is 3.58. The lowest BCUT2D eigenvalue weighted by atomic mass is 10.0. The zero-order valence-electron chi connectivity index (χ0n) is 17.3. The number of anilines is 1. The second-order valence-electron chi connectivity index (χ2n) is 7.60. The molecule has 0 aliphatic carbocycles. The zero-order chi connectivity index (χ0) is 20.8. The van der Waals surface area contributed by atoms with Crippen LogP contribution in [0.25, 0.3) is 10.9 Å². The van der Waals surface area contributed by atoms with E-state index in [9.17, 15) is 4.79 Å². The third-order valence-corrected chi connectivity index (χ3v) is 5.32. The largest absolute Gasteiger partial charge is 0.482 e. The predicted molar refractivity (Wildman–Crippen MR) is 117 cm³/mol. The molecule has 0 unspecified atom stereocenters. The Bertz CT molecular complexity index is 987. The molecule has 0 spiro atoms. The minimum atomic E-state index is -0.347. The number of benzene rings is 2. The Balaban J connectivity index is 1.34. The van der Waals surface area contributed by atoms with Crippen molar-refractivity contribution in [2.45, 2.75) is 32.4 Å². The van der Waals surface area contributed by atoms with Gasteiger partial charge in [-0.2, -0.15) is 5.10 Å². The smallest absolute Gasteiger partial charge is 0.344 e. The molecule has 0 amide bonds. The monoisotopic (exact) mass is 408 g/mol. The summed E-state index contributed by atoms with van der Waals surface area (Å²) in [6.45, 7) is 4.98. The summed E-state index contributed by atoms with van der Waals surface area (Å²) in [7, 11) is 0. The summed E-state index contributed by atoms with van der Waals surface area (Å²) in [5, 5.41) is 12.0. The van der Waals surface area contributed by atoms with Crippen LogP contribution in [0.3, 0.4) is 0 Å². The Kier molecular flexibility index (Phi) is 6.49. The zero-order valence-corrected chi connectivity index (χ0v) is 17.3. The maximum atomic E-state index is 11.5. The average molecular weight is 409 g/mol. The Morgan fingerprint density at radius 2 is 2.20 bits per heavy atom. The number of likely N-dealkylation sites (tertiary alicyclic amines) is 1. The van der Waals surface area contributed by atoms with E-state index in [1.807, 2.05) is 36.5 Å². The number of fused-ring (bicyclic) bond motifs is 1. The van der Waals surface area contributed by atoms with Crippen molar-refractivity contribution < 1.29 is 14.3 Å². The summed E-state index contributed by atoms with van der Waals surface area (Å²) in [5.74, 6) is 0.347. The molecule has 2 heterocycles. The van der Waals surface area contributed by atoms with Crippen molar-refractivity contribution in [3.05, 3.63) is 54.2 Å². The van der Waals surface area contributed by atoms with E-state index in [0.717, 1.165) is 49.1 Å². The van der Waals surface area contributed by atoms with Gasteiger partial charge in [-0.25, -0.2) is 4.79 Å². The summed E-state index contributed by atoms with van der Waals surface area (Å²) >= 11 is 0. The van der Waals surface area contributed by atoms with Crippen molar-refractivity contribution in [1.82, 2.24) is 15.1 Å². The van der Waals surface area contributed by atoms with E-state index >= 15 is 0 Å². The van der Waals surface area contributed by atoms with Gasteiger partial charge in [0.25, 0.3) is 0 Å². The fraction of sp³-hybridized carbons (Fsp3) is 0.391. The van der Waals surface area contributed by atoms with Gasteiger partial charge in [-0.05, 0) is 56.1 Å². The van der Waals surface area contributed by atoms with Crippen LogP contribution < -0.4 is 10.1 Å². The maximum Gasteiger partial charge on any atom is 0.344 e. The molecule has 0 bridgehead atoms. The molecule has 4 rings (SSSR count). The van der Waals surface area contributed by atoms with Crippen LogP contribution in [0.2, 0.25) is 0 Å². The van der Waals surface area contributed by atoms with E-state index in [2.05, 4.69) is 32.5 Å². The molecular weight excluding hydrogens is 380 g/mol. The van der Waals surface area contributed by atoms with E-state index in [4.69, 9.17) is 9.47 Å². The Morgan fingerprint density at radius 1 is 1.30 bits per heavy atom. The number of hydrogen-bond donors (Lipinski definition) is 2. The fourth-order valence-electron chi connectivity index (χ4n) is 3.97. The highest BCUT2D eigenvalue weighted by molar-refractivity contribution is 5.90. The molecule has 1 aliphatic heterocycles. The van der Waals surface area contributed by atoms with Gasteiger partial charge in [0.2, 0.25) is 0 Å². The summed E-state index contributed by atoms with van der Waals surface area (Å²) < 4.78 is 10.5. The van der Waals surface area contributed by atoms with Gasteiger partial charge in [0.1, 0.15) is 5.75 Å². The van der Waals surface area contributed by atoms with Gasteiger partial charge in [0.15, 0.2) is 6.61 Å². The molecule has 1 fully saturated rings. The summed E-state index contributed by atoms with van der Waals surface area (Å²) in [5.41, 5.74) is 3.35. The van der Waals surface area contributed by atoms with Crippen molar-refractivity contribution in [1.29, 1.82) is 0 Å². The molecule has 7 nitrogen and oxygen atoms in total. The highest BCUT2D eigenvalue weighted by atomic mass is 16.6. The van der Waals surface area contributed by atoms with Crippen molar-refractivity contribution in [3.63, 3.8) is 0 Å². The molecule has 7 heteroatoms. The van der Waals surface area contributed by atoms with Gasteiger partial charge in [-0.15, -0.1) is 0 Å². The summed E-state index contributed by atoms with van der Waals surface area (Å²) in [6, 6.07) is 14.5. The van der Waals surface area contributed by atoms with Gasteiger partial charge >= 0.3 is 5.97 Å². The lowest BCUT2D eigenvalue weighted by Gasteiger charge is -2.34. The maximum absolute atomic E-state index is 11.5. The standard InChI is InChI=1S/C23H28N4O3/c1-2-29-23(28)16-30-19-8-3-6-17(12-19)14-27-11-5-7-18(15-27)25-21-9-4-10-22-20(21)13-24-26-22/h3-4,6,8-10,12-13,18,25H,2,5,7,11,14-16H2,1H3,(H,24,26)/t18-/m1/s1. The molecule has 2 aromatic carbocycles. The van der Waals surface area contributed by atoms with E-state index in [1.165, 1.54) is 5.56 Å². The number of carbonyl (C=O) groups is 1. The summed E-state index contributed by atoms with van der Waals surface area (Å²) in [4.78, 5) is 14.0. The van der Waals surface area contributed by atoms with Crippen LogP contribution in [-0.4, -0.2) is 53.4 Å². The molecule has 1 aromatic heterocycles. The number of rotatable bonds is 8. The first kappa shape index (κ1) is 20.2. The highest BCUT2D eigenvalue weighted by Crippen LogP contribution is 2.25. The van der Waals surface area contributed by atoms with Crippen LogP contribution in [0.15, 0.2) is 48.7 Å². The van der Waals surface area contributed by atoms with Crippen LogP contribution in [0, 0.1) is 0 Å². The fourth-order valence-corrected chi connectivity index (χ4v) is 3.97. The first-order valence-electron chi connectivity index (χ1n) is 10.5. The molecule has 1 saturated heterocycles.